The van der Waals surface area contributed by atoms with Gasteiger partial charge in [-0.15, -0.1) is 0 Å². The Morgan fingerprint density at radius 3 is 2.32 bits per heavy atom. The molecule has 1 aromatic carbocycles. The van der Waals surface area contributed by atoms with Gasteiger partial charge in [-0.2, -0.15) is 21.4 Å². The van der Waals surface area contributed by atoms with E-state index in [4.69, 9.17) is 4.55 Å². The molecule has 2 rings (SSSR count). The molecule has 0 atom stereocenters. The van der Waals surface area contributed by atoms with Gasteiger partial charge in [0.1, 0.15) is 12.8 Å². The Morgan fingerprint density at radius 2 is 1.75 bits per heavy atom. The standard InChI is InChI=1S/C18H21NO7S2/c1-18(2)15-13-14(28(24,25)26)8-9-16(15)19(10-6-12-27(21,22)23)17(18)7-4-3-5-11-20/h3-5,7-9,11,13H,6,10,12H2,1-2H3,(H-,21,22,23,24,25,26)/p+1/b5-3+,7-4+. The molecular weight excluding hydrogens is 406 g/mol. The molecule has 0 radical (unpaired) electrons. The number of hydrogen-bond donors (Lipinski definition) is 2. The first kappa shape index (κ1) is 22.2. The first-order valence-corrected chi connectivity index (χ1v) is 11.4. The Bertz CT molecular complexity index is 1080. The molecule has 1 aliphatic rings. The minimum absolute atomic E-state index is 0.149. The van der Waals surface area contributed by atoms with Crippen LogP contribution in [0.15, 0.2) is 47.4 Å². The van der Waals surface area contributed by atoms with E-state index in [9.17, 15) is 26.2 Å². The van der Waals surface area contributed by atoms with Crippen molar-refractivity contribution in [3.63, 3.8) is 0 Å². The maximum atomic E-state index is 11.5. The van der Waals surface area contributed by atoms with Crippen LogP contribution in [0.3, 0.4) is 0 Å². The SMILES string of the molecule is CC1(C)C(/C=C/C=C/C=O)=[N+](CCCS(=O)(=O)O)c2ccc(S(=O)(=O)O)cc21. The molecule has 2 N–H and O–H groups in total. The van der Waals surface area contributed by atoms with Gasteiger partial charge in [-0.05, 0) is 32.1 Å². The van der Waals surface area contributed by atoms with Crippen molar-refractivity contribution < 1.29 is 35.3 Å². The number of hydrogen-bond acceptors (Lipinski definition) is 5. The zero-order valence-electron chi connectivity index (χ0n) is 15.4. The number of rotatable bonds is 8. The summed E-state index contributed by atoms with van der Waals surface area (Å²) in [5.74, 6) is -0.412. The molecule has 1 aliphatic heterocycles. The molecule has 0 aromatic heterocycles. The van der Waals surface area contributed by atoms with Crippen LogP contribution in [0.2, 0.25) is 0 Å². The fourth-order valence-electron chi connectivity index (χ4n) is 3.22. The van der Waals surface area contributed by atoms with Crippen LogP contribution in [0.1, 0.15) is 25.8 Å². The number of nitrogens with zero attached hydrogens (tertiary/aromatic N) is 1. The number of carbonyl (C=O) groups excluding carboxylic acids is 1. The molecule has 10 heteroatoms. The maximum Gasteiger partial charge on any atom is 0.294 e. The first-order chi connectivity index (χ1) is 12.9. The third-order valence-electron chi connectivity index (χ3n) is 4.50. The lowest BCUT2D eigenvalue weighted by molar-refractivity contribution is -0.437. The van der Waals surface area contributed by atoms with Gasteiger partial charge in [-0.3, -0.25) is 13.9 Å². The van der Waals surface area contributed by atoms with Crippen molar-refractivity contribution in [2.45, 2.75) is 30.6 Å². The van der Waals surface area contributed by atoms with Gasteiger partial charge in [-0.25, -0.2) is 0 Å². The van der Waals surface area contributed by atoms with Crippen molar-refractivity contribution in [2.75, 3.05) is 12.3 Å². The maximum absolute atomic E-state index is 11.5. The van der Waals surface area contributed by atoms with Crippen molar-refractivity contribution in [1.29, 1.82) is 0 Å². The monoisotopic (exact) mass is 428 g/mol. The molecule has 1 heterocycles. The Balaban J connectivity index is 2.55. The number of carbonyl (C=O) groups is 1. The molecule has 0 aliphatic carbocycles. The van der Waals surface area contributed by atoms with Crippen LogP contribution in [0, 0.1) is 0 Å². The number of benzene rings is 1. The van der Waals surface area contributed by atoms with Crippen molar-refractivity contribution >= 4 is 37.9 Å². The van der Waals surface area contributed by atoms with E-state index in [1.165, 1.54) is 18.2 Å². The van der Waals surface area contributed by atoms with Gasteiger partial charge in [0.25, 0.3) is 20.2 Å². The van der Waals surface area contributed by atoms with E-state index in [-0.39, 0.29) is 17.9 Å². The molecule has 0 bridgehead atoms. The molecule has 0 saturated heterocycles. The Labute approximate surface area is 164 Å². The molecule has 0 saturated carbocycles. The average molecular weight is 429 g/mol. The predicted molar refractivity (Wildman–Crippen MR) is 104 cm³/mol. The Hall–Kier alpha value is -2.14. The zero-order valence-corrected chi connectivity index (χ0v) is 17.1. The fraction of sp³-hybridized carbons (Fsp3) is 0.333. The van der Waals surface area contributed by atoms with Crippen molar-refractivity contribution in [2.24, 2.45) is 0 Å². The summed E-state index contributed by atoms with van der Waals surface area (Å²) in [6.45, 7) is 4.00. The summed E-state index contributed by atoms with van der Waals surface area (Å²) >= 11 is 0. The number of fused-ring (bicyclic) bond motifs is 1. The van der Waals surface area contributed by atoms with E-state index in [0.29, 0.717) is 17.5 Å². The lowest BCUT2D eigenvalue weighted by atomic mass is 9.81. The molecular formula is C18H22NO7S2+. The molecule has 8 nitrogen and oxygen atoms in total. The summed E-state index contributed by atoms with van der Waals surface area (Å²) in [5, 5.41) is 0. The summed E-state index contributed by atoms with van der Waals surface area (Å²) in [7, 11) is -8.48. The fourth-order valence-corrected chi connectivity index (χ4v) is 4.22. The van der Waals surface area contributed by atoms with E-state index in [1.807, 2.05) is 18.4 Å². The molecule has 0 amide bonds. The Kier molecular flexibility index (Phi) is 6.39. The van der Waals surface area contributed by atoms with Crippen LogP contribution in [0.25, 0.3) is 0 Å². The van der Waals surface area contributed by atoms with E-state index in [2.05, 4.69) is 0 Å². The second-order valence-electron chi connectivity index (χ2n) is 6.84. The lowest BCUT2D eigenvalue weighted by Gasteiger charge is -2.15. The molecule has 0 fully saturated rings. The highest BCUT2D eigenvalue weighted by Gasteiger charge is 2.44. The van der Waals surface area contributed by atoms with Crippen LogP contribution in [-0.4, -0.2) is 54.8 Å². The van der Waals surface area contributed by atoms with Gasteiger partial charge < -0.3 is 0 Å². The topological polar surface area (TPSA) is 129 Å². The lowest BCUT2D eigenvalue weighted by Crippen LogP contribution is -2.28. The summed E-state index contributed by atoms with van der Waals surface area (Å²) in [6, 6.07) is 4.22. The van der Waals surface area contributed by atoms with Crippen molar-refractivity contribution in [3.05, 3.63) is 48.1 Å². The van der Waals surface area contributed by atoms with Crippen LogP contribution >= 0.6 is 0 Å². The Morgan fingerprint density at radius 1 is 1.07 bits per heavy atom. The van der Waals surface area contributed by atoms with E-state index in [0.717, 1.165) is 5.71 Å². The normalized spacial score (nSPS) is 16.9. The van der Waals surface area contributed by atoms with E-state index >= 15 is 0 Å². The molecule has 1 aromatic rings. The second-order valence-corrected chi connectivity index (χ2v) is 9.83. The summed E-state index contributed by atoms with van der Waals surface area (Å²) < 4.78 is 65.3. The third kappa shape index (κ3) is 5.02. The molecule has 28 heavy (non-hydrogen) atoms. The predicted octanol–water partition coefficient (Wildman–Crippen LogP) is 1.90. The third-order valence-corrected chi connectivity index (χ3v) is 6.15. The van der Waals surface area contributed by atoms with E-state index < -0.39 is 31.4 Å². The highest BCUT2D eigenvalue weighted by Crippen LogP contribution is 2.41. The smallest absolute Gasteiger partial charge is 0.294 e. The van der Waals surface area contributed by atoms with Crippen molar-refractivity contribution in [3.8, 4) is 0 Å². The highest BCUT2D eigenvalue weighted by atomic mass is 32.2. The summed E-state index contributed by atoms with van der Waals surface area (Å²) in [5.41, 5.74) is 1.42. The molecule has 0 spiro atoms. The summed E-state index contributed by atoms with van der Waals surface area (Å²) in [6.07, 6.45) is 7.03. The van der Waals surface area contributed by atoms with Crippen LogP contribution in [-0.2, 0) is 30.4 Å². The minimum atomic E-state index is -4.38. The number of allylic oxidation sites excluding steroid dienone is 4. The largest absolute Gasteiger partial charge is 0.299 e. The van der Waals surface area contributed by atoms with Crippen LogP contribution in [0.4, 0.5) is 5.69 Å². The highest BCUT2D eigenvalue weighted by molar-refractivity contribution is 7.86. The van der Waals surface area contributed by atoms with E-state index in [1.54, 1.807) is 24.3 Å². The second kappa shape index (κ2) is 8.08. The van der Waals surface area contributed by atoms with Gasteiger partial charge in [0.05, 0.1) is 16.1 Å². The van der Waals surface area contributed by atoms with Gasteiger partial charge in [0, 0.05) is 24.1 Å². The first-order valence-electron chi connectivity index (χ1n) is 8.38. The molecule has 0 unspecified atom stereocenters. The zero-order chi connectivity index (χ0) is 21.2. The summed E-state index contributed by atoms with van der Waals surface area (Å²) in [4.78, 5) is 10.2. The van der Waals surface area contributed by atoms with Gasteiger partial charge >= 0.3 is 0 Å². The van der Waals surface area contributed by atoms with Crippen LogP contribution in [0.5, 0.6) is 0 Å². The van der Waals surface area contributed by atoms with Gasteiger partial charge in [0.2, 0.25) is 5.69 Å². The molecule has 152 valence electrons. The van der Waals surface area contributed by atoms with Crippen LogP contribution < -0.4 is 0 Å². The van der Waals surface area contributed by atoms with Gasteiger partial charge in [0.15, 0.2) is 5.71 Å². The minimum Gasteiger partial charge on any atom is -0.299 e. The quantitative estimate of drug-likeness (QED) is 0.213. The number of aldehydes is 1. The van der Waals surface area contributed by atoms with Gasteiger partial charge in [-0.1, -0.05) is 12.2 Å². The van der Waals surface area contributed by atoms with Crippen molar-refractivity contribution in [1.82, 2.24) is 0 Å². The average Bonchev–Trinajstić information content (AvgIpc) is 2.77.